The van der Waals surface area contributed by atoms with Gasteiger partial charge in [-0.15, -0.1) is 0 Å². The fourth-order valence-electron chi connectivity index (χ4n) is 1.90. The summed E-state index contributed by atoms with van der Waals surface area (Å²) in [6.45, 7) is 4.89. The van der Waals surface area contributed by atoms with Gasteiger partial charge in [-0.2, -0.15) is 12.6 Å². The molecule has 0 bridgehead atoms. The van der Waals surface area contributed by atoms with Gasteiger partial charge in [-0.25, -0.2) is 4.79 Å². The summed E-state index contributed by atoms with van der Waals surface area (Å²) >= 11 is 4.03. The van der Waals surface area contributed by atoms with Gasteiger partial charge >= 0.3 is 5.97 Å². The number of carbonyl (C=O) groups is 2. The van der Waals surface area contributed by atoms with E-state index in [4.69, 9.17) is 4.74 Å². The molecule has 0 aliphatic heterocycles. The quantitative estimate of drug-likeness (QED) is 0.559. The molecule has 0 saturated carbocycles. The number of nitrogens with zero attached hydrogens (tertiary/aromatic N) is 1. The fraction of sp³-hybridized carbons (Fsp3) is 0.529. The topological polar surface area (TPSA) is 78.9 Å². The molecule has 134 valence electrons. The molecule has 1 rings (SSSR count). The minimum absolute atomic E-state index is 0.0863. The third-order valence-electron chi connectivity index (χ3n) is 3.74. The summed E-state index contributed by atoms with van der Waals surface area (Å²) in [5, 5.41) is 11.6. The molecular formula is C17H26N2O4S. The van der Waals surface area contributed by atoms with Crippen LogP contribution in [0, 0.1) is 5.92 Å². The molecule has 7 heteroatoms. The van der Waals surface area contributed by atoms with Crippen LogP contribution in [0.1, 0.15) is 19.4 Å². The Morgan fingerprint density at radius 3 is 2.46 bits per heavy atom. The minimum Gasteiger partial charge on any atom is -0.480 e. The summed E-state index contributed by atoms with van der Waals surface area (Å²) in [7, 11) is 2.01. The number of thiol groups is 1. The summed E-state index contributed by atoms with van der Waals surface area (Å²) in [4.78, 5) is 25.1. The van der Waals surface area contributed by atoms with Crippen LogP contribution < -0.4 is 10.2 Å². The number of carboxylic acid groups (broad SMARTS) is 1. The van der Waals surface area contributed by atoms with Crippen LogP contribution in [0.2, 0.25) is 0 Å². The highest BCUT2D eigenvalue weighted by atomic mass is 32.1. The lowest BCUT2D eigenvalue weighted by Crippen LogP contribution is -2.46. The highest BCUT2D eigenvalue weighted by Crippen LogP contribution is 2.14. The van der Waals surface area contributed by atoms with Gasteiger partial charge in [0.15, 0.2) is 6.04 Å². The van der Waals surface area contributed by atoms with Gasteiger partial charge in [-0.1, -0.05) is 19.1 Å². The predicted octanol–water partition coefficient (Wildman–Crippen LogP) is 1.79. The molecule has 0 fully saturated rings. The van der Waals surface area contributed by atoms with Crippen LogP contribution in [0.3, 0.4) is 0 Å². The van der Waals surface area contributed by atoms with Gasteiger partial charge < -0.3 is 20.1 Å². The van der Waals surface area contributed by atoms with Crippen molar-refractivity contribution < 1.29 is 19.4 Å². The van der Waals surface area contributed by atoms with E-state index in [2.05, 4.69) is 29.8 Å². The Kier molecular flexibility index (Phi) is 8.63. The molecular weight excluding hydrogens is 328 g/mol. The molecule has 1 aromatic carbocycles. The van der Waals surface area contributed by atoms with E-state index < -0.39 is 12.0 Å². The molecule has 0 heterocycles. The van der Waals surface area contributed by atoms with E-state index in [1.54, 1.807) is 6.92 Å². The largest absolute Gasteiger partial charge is 0.480 e. The van der Waals surface area contributed by atoms with Gasteiger partial charge in [0.1, 0.15) is 0 Å². The number of carboxylic acids is 1. The SMILES string of the molecule is CCN(C)c1ccc(COC[C@H](NC(=O)[C@H](C)CS)C(=O)O)cc1. The van der Waals surface area contributed by atoms with Gasteiger partial charge in [0.2, 0.25) is 5.91 Å². The molecule has 0 unspecified atom stereocenters. The van der Waals surface area contributed by atoms with Gasteiger partial charge in [-0.3, -0.25) is 4.79 Å². The van der Waals surface area contributed by atoms with E-state index in [9.17, 15) is 14.7 Å². The van der Waals surface area contributed by atoms with Crippen LogP contribution in [0.15, 0.2) is 24.3 Å². The predicted molar refractivity (Wildman–Crippen MR) is 97.6 cm³/mol. The highest BCUT2D eigenvalue weighted by molar-refractivity contribution is 7.80. The summed E-state index contributed by atoms with van der Waals surface area (Å²) in [5.41, 5.74) is 2.06. The van der Waals surface area contributed by atoms with Crippen molar-refractivity contribution >= 4 is 30.2 Å². The number of hydrogen-bond acceptors (Lipinski definition) is 5. The maximum Gasteiger partial charge on any atom is 0.328 e. The van der Waals surface area contributed by atoms with E-state index in [0.29, 0.717) is 5.75 Å². The van der Waals surface area contributed by atoms with Gasteiger partial charge in [0.05, 0.1) is 13.2 Å². The molecule has 0 aliphatic rings. The number of amides is 1. The first-order valence-corrected chi connectivity index (χ1v) is 8.54. The molecule has 0 saturated heterocycles. The van der Waals surface area contributed by atoms with Crippen LogP contribution in [-0.2, 0) is 20.9 Å². The number of carbonyl (C=O) groups excluding carboxylic acids is 1. The Bertz CT molecular complexity index is 536. The molecule has 0 spiro atoms. The third-order valence-corrected chi connectivity index (χ3v) is 4.29. The summed E-state index contributed by atoms with van der Waals surface area (Å²) in [5.74, 6) is -1.45. The Balaban J connectivity index is 2.50. The van der Waals surface area contributed by atoms with Crippen molar-refractivity contribution in [2.45, 2.75) is 26.5 Å². The monoisotopic (exact) mass is 354 g/mol. The Labute approximate surface area is 148 Å². The zero-order chi connectivity index (χ0) is 18.1. The van der Waals surface area contributed by atoms with Gasteiger partial charge in [0.25, 0.3) is 0 Å². The first-order valence-electron chi connectivity index (χ1n) is 7.90. The van der Waals surface area contributed by atoms with E-state index in [-0.39, 0.29) is 25.0 Å². The van der Waals surface area contributed by atoms with Crippen molar-refractivity contribution in [1.29, 1.82) is 0 Å². The standard InChI is InChI=1S/C17H26N2O4S/c1-4-19(3)14-7-5-13(6-8-14)9-23-10-15(17(21)22)18-16(20)12(2)11-24/h5-8,12,15,24H,4,9-11H2,1-3H3,(H,18,20)(H,21,22)/t12-,15+/m1/s1. The average molecular weight is 354 g/mol. The minimum atomic E-state index is -1.12. The van der Waals surface area contributed by atoms with Crippen LogP contribution in [-0.4, -0.2) is 49.0 Å². The molecule has 0 aliphatic carbocycles. The zero-order valence-corrected chi connectivity index (χ0v) is 15.3. The lowest BCUT2D eigenvalue weighted by molar-refractivity contribution is -0.144. The lowest BCUT2D eigenvalue weighted by atomic mass is 10.2. The number of hydrogen-bond donors (Lipinski definition) is 3. The second kappa shape index (κ2) is 10.2. The van der Waals surface area contributed by atoms with Crippen molar-refractivity contribution in [2.75, 3.05) is 30.9 Å². The van der Waals surface area contributed by atoms with Crippen LogP contribution in [0.4, 0.5) is 5.69 Å². The van der Waals surface area contributed by atoms with Crippen molar-refractivity contribution in [3.63, 3.8) is 0 Å². The summed E-state index contributed by atoms with van der Waals surface area (Å²) < 4.78 is 5.46. The van der Waals surface area contributed by atoms with Crippen molar-refractivity contribution in [3.05, 3.63) is 29.8 Å². The van der Waals surface area contributed by atoms with E-state index in [0.717, 1.165) is 17.8 Å². The Morgan fingerprint density at radius 2 is 1.96 bits per heavy atom. The zero-order valence-electron chi connectivity index (χ0n) is 14.4. The fourth-order valence-corrected chi connectivity index (χ4v) is 2.06. The number of ether oxygens (including phenoxy) is 1. The molecule has 24 heavy (non-hydrogen) atoms. The molecule has 1 amide bonds. The Morgan fingerprint density at radius 1 is 1.33 bits per heavy atom. The molecule has 0 aromatic heterocycles. The van der Waals surface area contributed by atoms with E-state index >= 15 is 0 Å². The summed E-state index contributed by atoms with van der Waals surface area (Å²) in [6, 6.07) is 6.81. The molecule has 6 nitrogen and oxygen atoms in total. The van der Waals surface area contributed by atoms with Crippen LogP contribution in [0.25, 0.3) is 0 Å². The molecule has 2 N–H and O–H groups in total. The number of anilines is 1. The van der Waals surface area contributed by atoms with Crippen molar-refractivity contribution in [2.24, 2.45) is 5.92 Å². The van der Waals surface area contributed by atoms with Gasteiger partial charge in [0, 0.05) is 31.0 Å². The van der Waals surface area contributed by atoms with E-state index in [1.807, 2.05) is 31.3 Å². The lowest BCUT2D eigenvalue weighted by Gasteiger charge is -2.18. The molecule has 2 atom stereocenters. The highest BCUT2D eigenvalue weighted by Gasteiger charge is 2.22. The first kappa shape index (κ1) is 20.3. The summed E-state index contributed by atoms with van der Waals surface area (Å²) in [6.07, 6.45) is 0. The van der Waals surface area contributed by atoms with Crippen molar-refractivity contribution in [1.82, 2.24) is 5.32 Å². The number of aliphatic carboxylic acids is 1. The van der Waals surface area contributed by atoms with Crippen LogP contribution >= 0.6 is 12.6 Å². The van der Waals surface area contributed by atoms with Gasteiger partial charge in [-0.05, 0) is 24.6 Å². The average Bonchev–Trinajstić information content (AvgIpc) is 2.59. The second-order valence-electron chi connectivity index (χ2n) is 5.68. The van der Waals surface area contributed by atoms with Crippen LogP contribution in [0.5, 0.6) is 0 Å². The van der Waals surface area contributed by atoms with Crippen molar-refractivity contribution in [3.8, 4) is 0 Å². The number of rotatable bonds is 10. The maximum atomic E-state index is 11.8. The third kappa shape index (κ3) is 6.41. The smallest absolute Gasteiger partial charge is 0.328 e. The molecule has 1 aromatic rings. The maximum absolute atomic E-state index is 11.8. The number of nitrogens with one attached hydrogen (secondary N) is 1. The first-order chi connectivity index (χ1) is 11.4. The number of benzene rings is 1. The second-order valence-corrected chi connectivity index (χ2v) is 6.04. The molecule has 0 radical (unpaired) electrons. The normalized spacial score (nSPS) is 13.2. The van der Waals surface area contributed by atoms with E-state index in [1.165, 1.54) is 0 Å². The Hall–Kier alpha value is -1.73.